The summed E-state index contributed by atoms with van der Waals surface area (Å²) in [6.07, 6.45) is 0.443. The summed E-state index contributed by atoms with van der Waals surface area (Å²) in [6.45, 7) is 4.13. The van der Waals surface area contributed by atoms with Crippen molar-refractivity contribution >= 4 is 17.8 Å². The van der Waals surface area contributed by atoms with Crippen molar-refractivity contribution in [1.82, 2.24) is 10.2 Å². The zero-order chi connectivity index (χ0) is 16.7. The molecule has 2 N–H and O–H groups in total. The molecule has 2 amide bonds. The molecule has 6 heteroatoms. The number of carbonyl (C=O) groups excluding carboxylic acids is 2. The van der Waals surface area contributed by atoms with E-state index in [0.29, 0.717) is 24.1 Å². The second-order valence-corrected chi connectivity index (χ2v) is 5.43. The molecule has 1 aromatic carbocycles. The Labute approximate surface area is 130 Å². The van der Waals surface area contributed by atoms with Crippen molar-refractivity contribution in [2.45, 2.75) is 32.7 Å². The summed E-state index contributed by atoms with van der Waals surface area (Å²) in [4.78, 5) is 35.9. The third-order valence-electron chi connectivity index (χ3n) is 3.04. The van der Waals surface area contributed by atoms with Crippen LogP contribution in [0.5, 0.6) is 0 Å². The molecule has 0 bridgehead atoms. The first kappa shape index (κ1) is 17.7. The van der Waals surface area contributed by atoms with Crippen LogP contribution in [0.25, 0.3) is 0 Å². The molecular formula is C16H22N2O4. The van der Waals surface area contributed by atoms with Crippen molar-refractivity contribution in [3.63, 3.8) is 0 Å². The Morgan fingerprint density at radius 3 is 2.18 bits per heavy atom. The molecule has 22 heavy (non-hydrogen) atoms. The molecule has 0 unspecified atom stereocenters. The molecule has 1 rings (SSSR count). The Balaban J connectivity index is 2.63. The molecule has 120 valence electrons. The normalized spacial score (nSPS) is 10.4. The lowest BCUT2D eigenvalue weighted by Crippen LogP contribution is -2.30. The van der Waals surface area contributed by atoms with Crippen molar-refractivity contribution in [2.75, 3.05) is 13.6 Å². The summed E-state index contributed by atoms with van der Waals surface area (Å²) in [5.41, 5.74) is 0.970. The standard InChI is InChI=1S/C16H22N2O4/c1-11(2)17-15(21)12-6-8-13(9-7-12)16(22)18(3)10-4-5-14(19)20/h6-9,11H,4-5,10H2,1-3H3,(H,17,21)(H,19,20). The van der Waals surface area contributed by atoms with Gasteiger partial charge in [0, 0.05) is 37.2 Å². The molecular weight excluding hydrogens is 284 g/mol. The fourth-order valence-electron chi connectivity index (χ4n) is 1.90. The Morgan fingerprint density at radius 2 is 1.68 bits per heavy atom. The van der Waals surface area contributed by atoms with E-state index in [1.807, 2.05) is 13.8 Å². The molecule has 1 aromatic rings. The van der Waals surface area contributed by atoms with Crippen molar-refractivity contribution in [3.8, 4) is 0 Å². The smallest absolute Gasteiger partial charge is 0.303 e. The van der Waals surface area contributed by atoms with Crippen LogP contribution in [-0.4, -0.2) is 47.4 Å². The van der Waals surface area contributed by atoms with E-state index in [-0.39, 0.29) is 24.3 Å². The van der Waals surface area contributed by atoms with Crippen LogP contribution in [0.15, 0.2) is 24.3 Å². The molecule has 6 nitrogen and oxygen atoms in total. The molecule has 0 aliphatic rings. The van der Waals surface area contributed by atoms with Gasteiger partial charge in [0.15, 0.2) is 0 Å². The summed E-state index contributed by atoms with van der Waals surface area (Å²) in [7, 11) is 1.63. The van der Waals surface area contributed by atoms with Gasteiger partial charge >= 0.3 is 5.97 Å². The van der Waals surface area contributed by atoms with Gasteiger partial charge in [-0.25, -0.2) is 0 Å². The van der Waals surface area contributed by atoms with E-state index >= 15 is 0 Å². The second kappa shape index (κ2) is 8.17. The molecule has 0 saturated heterocycles. The minimum atomic E-state index is -0.874. The minimum Gasteiger partial charge on any atom is -0.481 e. The predicted molar refractivity (Wildman–Crippen MR) is 82.9 cm³/mol. The number of nitrogens with zero attached hydrogens (tertiary/aromatic N) is 1. The summed E-state index contributed by atoms with van der Waals surface area (Å²) in [6, 6.07) is 6.47. The van der Waals surface area contributed by atoms with Gasteiger partial charge in [0.05, 0.1) is 0 Å². The fourth-order valence-corrected chi connectivity index (χ4v) is 1.90. The average Bonchev–Trinajstić information content (AvgIpc) is 2.45. The summed E-state index contributed by atoms with van der Waals surface area (Å²) < 4.78 is 0. The van der Waals surface area contributed by atoms with Gasteiger partial charge in [0.2, 0.25) is 0 Å². The maximum Gasteiger partial charge on any atom is 0.303 e. The van der Waals surface area contributed by atoms with E-state index < -0.39 is 5.97 Å². The van der Waals surface area contributed by atoms with Gasteiger partial charge in [-0.3, -0.25) is 14.4 Å². The molecule has 0 fully saturated rings. The predicted octanol–water partition coefficient (Wildman–Crippen LogP) is 1.76. The monoisotopic (exact) mass is 306 g/mol. The molecule has 0 aliphatic carbocycles. The topological polar surface area (TPSA) is 86.7 Å². The number of hydrogen-bond acceptors (Lipinski definition) is 3. The van der Waals surface area contributed by atoms with Crippen LogP contribution in [0.2, 0.25) is 0 Å². The highest BCUT2D eigenvalue weighted by Gasteiger charge is 2.13. The van der Waals surface area contributed by atoms with Crippen LogP contribution >= 0.6 is 0 Å². The van der Waals surface area contributed by atoms with Gasteiger partial charge in [0.25, 0.3) is 11.8 Å². The van der Waals surface area contributed by atoms with Crippen molar-refractivity contribution in [2.24, 2.45) is 0 Å². The zero-order valence-corrected chi connectivity index (χ0v) is 13.1. The van der Waals surface area contributed by atoms with Crippen LogP contribution in [-0.2, 0) is 4.79 Å². The van der Waals surface area contributed by atoms with Crippen molar-refractivity contribution < 1.29 is 19.5 Å². The fraction of sp³-hybridized carbons (Fsp3) is 0.438. The van der Waals surface area contributed by atoms with Crippen LogP contribution in [0.3, 0.4) is 0 Å². The van der Waals surface area contributed by atoms with Crippen LogP contribution in [0, 0.1) is 0 Å². The number of amides is 2. The van der Waals surface area contributed by atoms with Crippen LogP contribution in [0.4, 0.5) is 0 Å². The maximum atomic E-state index is 12.2. The summed E-state index contributed by atoms with van der Waals surface area (Å²) in [5.74, 6) is -1.24. The van der Waals surface area contributed by atoms with Crippen molar-refractivity contribution in [1.29, 1.82) is 0 Å². The van der Waals surface area contributed by atoms with E-state index in [4.69, 9.17) is 5.11 Å². The van der Waals surface area contributed by atoms with E-state index in [1.165, 1.54) is 4.90 Å². The SMILES string of the molecule is CC(C)NC(=O)c1ccc(C(=O)N(C)CCCC(=O)O)cc1. The Morgan fingerprint density at radius 1 is 1.14 bits per heavy atom. The molecule has 0 aliphatic heterocycles. The van der Waals surface area contributed by atoms with Gasteiger partial charge in [-0.05, 0) is 44.5 Å². The number of aliphatic carboxylic acids is 1. The Hall–Kier alpha value is -2.37. The second-order valence-electron chi connectivity index (χ2n) is 5.43. The first-order valence-corrected chi connectivity index (χ1v) is 7.19. The lowest BCUT2D eigenvalue weighted by Gasteiger charge is -2.17. The lowest BCUT2D eigenvalue weighted by atomic mass is 10.1. The molecule has 0 radical (unpaired) electrons. The number of hydrogen-bond donors (Lipinski definition) is 2. The minimum absolute atomic E-state index is 0.0337. The molecule has 0 saturated carbocycles. The molecule has 0 aromatic heterocycles. The number of carbonyl (C=O) groups is 3. The zero-order valence-electron chi connectivity index (χ0n) is 13.1. The van der Waals surface area contributed by atoms with E-state index in [0.717, 1.165) is 0 Å². The van der Waals surface area contributed by atoms with Crippen molar-refractivity contribution in [3.05, 3.63) is 35.4 Å². The van der Waals surface area contributed by atoms with Gasteiger partial charge in [0.1, 0.15) is 0 Å². The third kappa shape index (κ3) is 5.55. The summed E-state index contributed by atoms with van der Waals surface area (Å²) in [5, 5.41) is 11.4. The first-order chi connectivity index (χ1) is 10.3. The quantitative estimate of drug-likeness (QED) is 0.803. The van der Waals surface area contributed by atoms with Gasteiger partial charge in [-0.1, -0.05) is 0 Å². The maximum absolute atomic E-state index is 12.2. The molecule has 0 heterocycles. The molecule has 0 spiro atoms. The Kier molecular flexibility index (Phi) is 6.56. The van der Waals surface area contributed by atoms with Gasteiger partial charge < -0.3 is 15.3 Å². The average molecular weight is 306 g/mol. The molecule has 0 atom stereocenters. The largest absolute Gasteiger partial charge is 0.481 e. The first-order valence-electron chi connectivity index (χ1n) is 7.19. The van der Waals surface area contributed by atoms with Crippen LogP contribution < -0.4 is 5.32 Å². The lowest BCUT2D eigenvalue weighted by molar-refractivity contribution is -0.137. The van der Waals surface area contributed by atoms with Crippen LogP contribution in [0.1, 0.15) is 47.4 Å². The van der Waals surface area contributed by atoms with E-state index in [9.17, 15) is 14.4 Å². The number of rotatable bonds is 7. The van der Waals surface area contributed by atoms with Gasteiger partial charge in [-0.2, -0.15) is 0 Å². The number of benzene rings is 1. The highest BCUT2D eigenvalue weighted by atomic mass is 16.4. The highest BCUT2D eigenvalue weighted by Crippen LogP contribution is 2.08. The summed E-state index contributed by atoms with van der Waals surface area (Å²) >= 11 is 0. The van der Waals surface area contributed by atoms with Gasteiger partial charge in [-0.15, -0.1) is 0 Å². The third-order valence-corrected chi connectivity index (χ3v) is 3.04. The highest BCUT2D eigenvalue weighted by molar-refractivity contribution is 5.97. The number of nitrogens with one attached hydrogen (secondary N) is 1. The Bertz CT molecular complexity index is 538. The van der Waals surface area contributed by atoms with E-state index in [1.54, 1.807) is 31.3 Å². The number of carboxylic acid groups (broad SMARTS) is 1. The van der Waals surface area contributed by atoms with E-state index in [2.05, 4.69) is 5.32 Å². The number of carboxylic acids is 1.